The van der Waals surface area contributed by atoms with Crippen molar-refractivity contribution in [1.29, 1.82) is 0 Å². The minimum atomic E-state index is -0.898. The van der Waals surface area contributed by atoms with E-state index in [4.69, 9.17) is 9.47 Å². The molecule has 0 unspecified atom stereocenters. The van der Waals surface area contributed by atoms with Crippen molar-refractivity contribution in [3.05, 3.63) is 29.8 Å². The van der Waals surface area contributed by atoms with E-state index in [1.54, 1.807) is 14.0 Å². The van der Waals surface area contributed by atoms with Gasteiger partial charge in [0.1, 0.15) is 5.75 Å². The highest BCUT2D eigenvalue weighted by molar-refractivity contribution is 6.35. The lowest BCUT2D eigenvalue weighted by atomic mass is 10.1. The monoisotopic (exact) mass is 378 g/mol. The number of nitrogens with zero attached hydrogens (tertiary/aromatic N) is 1. The lowest BCUT2D eigenvalue weighted by molar-refractivity contribution is -0.139. The Hall–Kier alpha value is -2.94. The molecule has 0 radical (unpaired) electrons. The Bertz CT molecular complexity index is 658. The van der Waals surface area contributed by atoms with E-state index in [0.717, 1.165) is 11.3 Å². The van der Waals surface area contributed by atoms with E-state index in [-0.39, 0.29) is 18.9 Å². The second-order valence-corrected chi connectivity index (χ2v) is 5.66. The summed E-state index contributed by atoms with van der Waals surface area (Å²) in [7, 11) is 3.09. The van der Waals surface area contributed by atoms with Gasteiger partial charge in [-0.3, -0.25) is 14.4 Å². The van der Waals surface area contributed by atoms with Gasteiger partial charge in [-0.25, -0.2) is 5.43 Å². The first-order chi connectivity index (χ1) is 13.0. The van der Waals surface area contributed by atoms with Crippen molar-refractivity contribution in [3.63, 3.8) is 0 Å². The molecule has 0 spiro atoms. The number of carbonyl (C=O) groups excluding carboxylic acids is 3. The number of carbonyl (C=O) groups is 3. The number of amides is 3. The maximum Gasteiger partial charge on any atom is 0.329 e. The Balaban J connectivity index is 2.28. The van der Waals surface area contributed by atoms with Gasteiger partial charge in [0.25, 0.3) is 0 Å². The third-order valence-corrected chi connectivity index (χ3v) is 3.46. The highest BCUT2D eigenvalue weighted by atomic mass is 16.5. The standard InChI is InChI=1S/C18H26N4O5/c1-13(21-22-18(25)17(24)20-10-11-26-2)12-16(23)19-9-8-14-4-6-15(27-3)7-5-14/h4-7H,8-12H2,1-3H3,(H,19,23)(H,20,24)(H,22,25). The van der Waals surface area contributed by atoms with Crippen molar-refractivity contribution in [2.75, 3.05) is 33.9 Å². The molecule has 0 atom stereocenters. The van der Waals surface area contributed by atoms with Gasteiger partial charge in [0.15, 0.2) is 0 Å². The molecule has 0 aliphatic rings. The van der Waals surface area contributed by atoms with Gasteiger partial charge >= 0.3 is 11.8 Å². The van der Waals surface area contributed by atoms with Crippen molar-refractivity contribution in [2.24, 2.45) is 5.10 Å². The van der Waals surface area contributed by atoms with E-state index in [1.165, 1.54) is 7.11 Å². The number of nitrogens with one attached hydrogen (secondary N) is 3. The highest BCUT2D eigenvalue weighted by Gasteiger charge is 2.12. The van der Waals surface area contributed by atoms with Crippen LogP contribution in [0.3, 0.4) is 0 Å². The summed E-state index contributed by atoms with van der Waals surface area (Å²) in [4.78, 5) is 34.8. The average Bonchev–Trinajstić information content (AvgIpc) is 2.66. The van der Waals surface area contributed by atoms with E-state index < -0.39 is 11.8 Å². The zero-order valence-electron chi connectivity index (χ0n) is 15.8. The molecule has 1 aromatic carbocycles. The van der Waals surface area contributed by atoms with Crippen molar-refractivity contribution in [1.82, 2.24) is 16.1 Å². The molecule has 0 heterocycles. The van der Waals surface area contributed by atoms with Crippen LogP contribution in [0.25, 0.3) is 0 Å². The lowest BCUT2D eigenvalue weighted by Crippen LogP contribution is -2.39. The summed E-state index contributed by atoms with van der Waals surface area (Å²) in [6.07, 6.45) is 0.707. The molecule has 0 aliphatic carbocycles. The van der Waals surface area contributed by atoms with Crippen LogP contribution in [-0.2, 0) is 25.5 Å². The zero-order valence-corrected chi connectivity index (χ0v) is 15.8. The third kappa shape index (κ3) is 9.36. The summed E-state index contributed by atoms with van der Waals surface area (Å²) in [6.45, 7) is 2.60. The number of hydrazone groups is 1. The molecular formula is C18H26N4O5. The van der Waals surface area contributed by atoms with Crippen LogP contribution in [0.15, 0.2) is 29.4 Å². The van der Waals surface area contributed by atoms with Crippen LogP contribution >= 0.6 is 0 Å². The van der Waals surface area contributed by atoms with Gasteiger partial charge in [0.2, 0.25) is 5.91 Å². The van der Waals surface area contributed by atoms with Gasteiger partial charge in [0.05, 0.1) is 20.1 Å². The predicted molar refractivity (Wildman–Crippen MR) is 100 cm³/mol. The Morgan fingerprint density at radius 1 is 1.00 bits per heavy atom. The number of ether oxygens (including phenoxy) is 2. The third-order valence-electron chi connectivity index (χ3n) is 3.46. The Morgan fingerprint density at radius 2 is 1.70 bits per heavy atom. The number of benzene rings is 1. The SMILES string of the molecule is COCCNC(=O)C(=O)NN=C(C)CC(=O)NCCc1ccc(OC)cc1. The van der Waals surface area contributed by atoms with E-state index in [9.17, 15) is 14.4 Å². The summed E-state index contributed by atoms with van der Waals surface area (Å²) < 4.78 is 9.85. The molecule has 0 bridgehead atoms. The van der Waals surface area contributed by atoms with Crippen LogP contribution in [0.2, 0.25) is 0 Å². The van der Waals surface area contributed by atoms with E-state index in [1.807, 2.05) is 24.3 Å². The van der Waals surface area contributed by atoms with Gasteiger partial charge in [0, 0.05) is 25.9 Å². The maximum atomic E-state index is 11.9. The molecule has 27 heavy (non-hydrogen) atoms. The molecule has 1 aromatic rings. The van der Waals surface area contributed by atoms with Crippen LogP contribution in [0, 0.1) is 0 Å². The van der Waals surface area contributed by atoms with Crippen molar-refractivity contribution in [2.45, 2.75) is 19.8 Å². The van der Waals surface area contributed by atoms with Crippen LogP contribution in [0.1, 0.15) is 18.9 Å². The van der Waals surface area contributed by atoms with E-state index >= 15 is 0 Å². The van der Waals surface area contributed by atoms with E-state index in [2.05, 4.69) is 21.2 Å². The maximum absolute atomic E-state index is 11.9. The largest absolute Gasteiger partial charge is 0.497 e. The van der Waals surface area contributed by atoms with E-state index in [0.29, 0.717) is 25.3 Å². The van der Waals surface area contributed by atoms with Crippen LogP contribution in [0.5, 0.6) is 5.75 Å². The highest BCUT2D eigenvalue weighted by Crippen LogP contribution is 2.11. The van der Waals surface area contributed by atoms with Crippen molar-refractivity contribution < 1.29 is 23.9 Å². The molecule has 0 aromatic heterocycles. The summed E-state index contributed by atoms with van der Waals surface area (Å²) in [5.74, 6) is -1.15. The van der Waals surface area contributed by atoms with Crippen LogP contribution in [-0.4, -0.2) is 57.3 Å². The lowest BCUT2D eigenvalue weighted by Gasteiger charge is -2.07. The van der Waals surface area contributed by atoms with Crippen LogP contribution in [0.4, 0.5) is 0 Å². The molecule has 9 heteroatoms. The fourth-order valence-electron chi connectivity index (χ4n) is 2.02. The Labute approximate surface area is 158 Å². The fourth-order valence-corrected chi connectivity index (χ4v) is 2.02. The normalized spacial score (nSPS) is 10.9. The molecule has 0 fully saturated rings. The molecule has 148 valence electrons. The number of methoxy groups -OCH3 is 2. The van der Waals surface area contributed by atoms with Gasteiger partial charge in [-0.15, -0.1) is 0 Å². The second kappa shape index (κ2) is 12.4. The quantitative estimate of drug-likeness (QED) is 0.229. The molecule has 3 N–H and O–H groups in total. The molecule has 3 amide bonds. The summed E-state index contributed by atoms with van der Waals surface area (Å²) in [5, 5.41) is 8.89. The number of rotatable bonds is 10. The minimum Gasteiger partial charge on any atom is -0.497 e. The van der Waals surface area contributed by atoms with Gasteiger partial charge in [-0.1, -0.05) is 12.1 Å². The smallest absolute Gasteiger partial charge is 0.329 e. The number of hydrogen-bond acceptors (Lipinski definition) is 6. The molecule has 0 saturated carbocycles. The fraction of sp³-hybridized carbons (Fsp3) is 0.444. The average molecular weight is 378 g/mol. The summed E-state index contributed by atoms with van der Waals surface area (Å²) in [6, 6.07) is 7.60. The van der Waals surface area contributed by atoms with Gasteiger partial charge in [-0.05, 0) is 31.0 Å². The van der Waals surface area contributed by atoms with Gasteiger partial charge < -0.3 is 20.1 Å². The molecule has 9 nitrogen and oxygen atoms in total. The molecule has 1 rings (SSSR count). The number of hydrogen-bond donors (Lipinski definition) is 3. The summed E-state index contributed by atoms with van der Waals surface area (Å²) in [5.41, 5.74) is 3.57. The first kappa shape index (κ1) is 22.1. The summed E-state index contributed by atoms with van der Waals surface area (Å²) >= 11 is 0. The van der Waals surface area contributed by atoms with Crippen molar-refractivity contribution >= 4 is 23.4 Å². The Kier molecular flexibility index (Phi) is 10.2. The second-order valence-electron chi connectivity index (χ2n) is 5.66. The first-order valence-corrected chi connectivity index (χ1v) is 8.46. The van der Waals surface area contributed by atoms with Crippen molar-refractivity contribution in [3.8, 4) is 5.75 Å². The molecule has 0 saturated heterocycles. The van der Waals surface area contributed by atoms with Crippen LogP contribution < -0.4 is 20.8 Å². The minimum absolute atomic E-state index is 0.0220. The van der Waals surface area contributed by atoms with Gasteiger partial charge in [-0.2, -0.15) is 5.10 Å². The predicted octanol–water partition coefficient (Wildman–Crippen LogP) is -0.00130. The first-order valence-electron chi connectivity index (χ1n) is 8.46. The molecular weight excluding hydrogens is 352 g/mol. The topological polar surface area (TPSA) is 118 Å². The molecule has 0 aliphatic heterocycles. The Morgan fingerprint density at radius 3 is 2.33 bits per heavy atom. The zero-order chi connectivity index (χ0) is 20.1.